The molecule has 0 radical (unpaired) electrons. The quantitative estimate of drug-likeness (QED) is 0.853. The number of likely N-dealkylation sites (tertiary alicyclic amines) is 1. The summed E-state index contributed by atoms with van der Waals surface area (Å²) in [6.45, 7) is 0.443. The minimum Gasteiger partial charge on any atom is -0.347 e. The Balaban J connectivity index is 1.94. The summed E-state index contributed by atoms with van der Waals surface area (Å²) in [6.07, 6.45) is 1.47. The number of carbonyl (C=O) groups is 3. The van der Waals surface area contributed by atoms with Crippen LogP contribution in [0.3, 0.4) is 0 Å². The standard InChI is InChI=1S/C16H20BrN3O3/c1-19(2)16(23)13-7-4-8-20(13)14(21)10-18-15(22)11-5-3-6-12(17)9-11/h3,5-6,9,13H,4,7-8,10H2,1-2H3,(H,18,22). The van der Waals surface area contributed by atoms with E-state index in [0.717, 1.165) is 10.9 Å². The zero-order valence-corrected chi connectivity index (χ0v) is 14.8. The maximum absolute atomic E-state index is 12.3. The molecule has 0 aliphatic carbocycles. The Bertz CT molecular complexity index is 618. The Labute approximate surface area is 143 Å². The van der Waals surface area contributed by atoms with E-state index in [1.54, 1.807) is 37.2 Å². The van der Waals surface area contributed by atoms with Gasteiger partial charge in [-0.25, -0.2) is 0 Å². The summed E-state index contributed by atoms with van der Waals surface area (Å²) in [7, 11) is 3.36. The van der Waals surface area contributed by atoms with Gasteiger partial charge in [-0.1, -0.05) is 22.0 Å². The molecule has 23 heavy (non-hydrogen) atoms. The normalized spacial score (nSPS) is 17.0. The van der Waals surface area contributed by atoms with Crippen molar-refractivity contribution in [2.75, 3.05) is 27.2 Å². The van der Waals surface area contributed by atoms with Crippen LogP contribution in [0.1, 0.15) is 23.2 Å². The topological polar surface area (TPSA) is 69.7 Å². The second-order valence-corrected chi connectivity index (χ2v) is 6.59. The van der Waals surface area contributed by atoms with Gasteiger partial charge in [-0.05, 0) is 31.0 Å². The van der Waals surface area contributed by atoms with Crippen LogP contribution in [0.25, 0.3) is 0 Å². The van der Waals surface area contributed by atoms with E-state index in [1.807, 2.05) is 6.07 Å². The van der Waals surface area contributed by atoms with E-state index in [2.05, 4.69) is 21.2 Å². The predicted molar refractivity (Wildman–Crippen MR) is 89.9 cm³/mol. The largest absolute Gasteiger partial charge is 0.347 e. The molecule has 1 aromatic rings. The minimum absolute atomic E-state index is 0.0748. The average Bonchev–Trinajstić information content (AvgIpc) is 3.00. The Morgan fingerprint density at radius 3 is 2.74 bits per heavy atom. The van der Waals surface area contributed by atoms with Crippen LogP contribution < -0.4 is 5.32 Å². The Kier molecular flexibility index (Phi) is 5.76. The van der Waals surface area contributed by atoms with Crippen molar-refractivity contribution in [3.8, 4) is 0 Å². The third kappa shape index (κ3) is 4.31. The molecule has 0 spiro atoms. The molecule has 1 unspecified atom stereocenters. The van der Waals surface area contributed by atoms with Crippen LogP contribution in [0.15, 0.2) is 28.7 Å². The second kappa shape index (κ2) is 7.59. The number of rotatable bonds is 4. The van der Waals surface area contributed by atoms with E-state index in [-0.39, 0.29) is 24.3 Å². The summed E-state index contributed by atoms with van der Waals surface area (Å²) in [4.78, 5) is 39.5. The molecule has 2 rings (SSSR count). The molecule has 1 heterocycles. The van der Waals surface area contributed by atoms with Crippen LogP contribution in [-0.2, 0) is 9.59 Å². The van der Waals surface area contributed by atoms with Crippen molar-refractivity contribution in [1.29, 1.82) is 0 Å². The van der Waals surface area contributed by atoms with Gasteiger partial charge in [0.2, 0.25) is 11.8 Å². The van der Waals surface area contributed by atoms with Crippen molar-refractivity contribution in [2.24, 2.45) is 0 Å². The van der Waals surface area contributed by atoms with Crippen molar-refractivity contribution in [3.63, 3.8) is 0 Å². The summed E-state index contributed by atoms with van der Waals surface area (Å²) in [5.74, 6) is -0.616. The number of hydrogen-bond donors (Lipinski definition) is 1. The number of carbonyl (C=O) groups excluding carboxylic acids is 3. The molecular weight excluding hydrogens is 362 g/mol. The maximum Gasteiger partial charge on any atom is 0.251 e. The van der Waals surface area contributed by atoms with Gasteiger partial charge in [-0.2, -0.15) is 0 Å². The van der Waals surface area contributed by atoms with E-state index < -0.39 is 6.04 Å². The Morgan fingerprint density at radius 2 is 2.09 bits per heavy atom. The molecule has 7 heteroatoms. The summed E-state index contributed by atoms with van der Waals surface area (Å²) in [6, 6.07) is 6.53. The molecule has 1 aromatic carbocycles. The van der Waals surface area contributed by atoms with Gasteiger partial charge in [-0.3, -0.25) is 14.4 Å². The Hall–Kier alpha value is -1.89. The third-order valence-electron chi connectivity index (χ3n) is 3.79. The SMILES string of the molecule is CN(C)C(=O)C1CCCN1C(=O)CNC(=O)c1cccc(Br)c1. The number of halogens is 1. The molecule has 1 N–H and O–H groups in total. The van der Waals surface area contributed by atoms with Crippen LogP contribution in [0.5, 0.6) is 0 Å². The van der Waals surface area contributed by atoms with Gasteiger partial charge in [0.05, 0.1) is 6.54 Å². The number of hydrogen-bond acceptors (Lipinski definition) is 3. The average molecular weight is 382 g/mol. The first kappa shape index (κ1) is 17.5. The number of benzene rings is 1. The number of likely N-dealkylation sites (N-methyl/N-ethyl adjacent to an activating group) is 1. The van der Waals surface area contributed by atoms with Crippen molar-refractivity contribution in [1.82, 2.24) is 15.1 Å². The molecule has 1 fully saturated rings. The lowest BCUT2D eigenvalue weighted by Crippen LogP contribution is -2.48. The number of amides is 3. The minimum atomic E-state index is -0.416. The number of nitrogens with zero attached hydrogens (tertiary/aromatic N) is 2. The first-order valence-electron chi connectivity index (χ1n) is 7.44. The van der Waals surface area contributed by atoms with E-state index in [4.69, 9.17) is 0 Å². The molecule has 124 valence electrons. The first-order valence-corrected chi connectivity index (χ1v) is 8.24. The summed E-state index contributed by atoms with van der Waals surface area (Å²) < 4.78 is 0.799. The summed E-state index contributed by atoms with van der Waals surface area (Å²) in [5.41, 5.74) is 0.481. The highest BCUT2D eigenvalue weighted by Crippen LogP contribution is 2.18. The fourth-order valence-electron chi connectivity index (χ4n) is 2.61. The molecule has 0 bridgehead atoms. The second-order valence-electron chi connectivity index (χ2n) is 5.67. The highest BCUT2D eigenvalue weighted by atomic mass is 79.9. The summed E-state index contributed by atoms with van der Waals surface area (Å²) in [5, 5.41) is 2.62. The highest BCUT2D eigenvalue weighted by Gasteiger charge is 2.34. The van der Waals surface area contributed by atoms with E-state index >= 15 is 0 Å². The zero-order chi connectivity index (χ0) is 17.0. The molecule has 1 aliphatic rings. The molecule has 0 aromatic heterocycles. The van der Waals surface area contributed by atoms with Gasteiger partial charge in [0.1, 0.15) is 6.04 Å². The van der Waals surface area contributed by atoms with Crippen LogP contribution in [0.4, 0.5) is 0 Å². The first-order chi connectivity index (χ1) is 10.9. The van der Waals surface area contributed by atoms with E-state index in [0.29, 0.717) is 18.5 Å². The van der Waals surface area contributed by atoms with Crippen LogP contribution in [0.2, 0.25) is 0 Å². The molecule has 1 aliphatic heterocycles. The maximum atomic E-state index is 12.3. The van der Waals surface area contributed by atoms with Crippen LogP contribution in [0, 0.1) is 0 Å². The number of nitrogens with one attached hydrogen (secondary N) is 1. The van der Waals surface area contributed by atoms with Gasteiger partial charge in [-0.15, -0.1) is 0 Å². The summed E-state index contributed by atoms with van der Waals surface area (Å²) >= 11 is 3.30. The monoisotopic (exact) mass is 381 g/mol. The van der Waals surface area contributed by atoms with Crippen molar-refractivity contribution >= 4 is 33.7 Å². The third-order valence-corrected chi connectivity index (χ3v) is 4.28. The lowest BCUT2D eigenvalue weighted by molar-refractivity contribution is -0.141. The molecule has 0 saturated carbocycles. The zero-order valence-electron chi connectivity index (χ0n) is 13.2. The fraction of sp³-hybridized carbons (Fsp3) is 0.438. The van der Waals surface area contributed by atoms with Gasteiger partial charge in [0.15, 0.2) is 0 Å². The smallest absolute Gasteiger partial charge is 0.251 e. The molecule has 3 amide bonds. The van der Waals surface area contributed by atoms with Crippen molar-refractivity contribution in [3.05, 3.63) is 34.3 Å². The molecular formula is C16H20BrN3O3. The van der Waals surface area contributed by atoms with E-state index in [1.165, 1.54) is 4.90 Å². The van der Waals surface area contributed by atoms with Gasteiger partial charge < -0.3 is 15.1 Å². The van der Waals surface area contributed by atoms with Gasteiger partial charge in [0, 0.05) is 30.7 Å². The molecule has 1 saturated heterocycles. The predicted octanol–water partition coefficient (Wildman–Crippen LogP) is 1.26. The lowest BCUT2D eigenvalue weighted by Gasteiger charge is -2.26. The van der Waals surface area contributed by atoms with Gasteiger partial charge >= 0.3 is 0 Å². The molecule has 6 nitrogen and oxygen atoms in total. The van der Waals surface area contributed by atoms with Gasteiger partial charge in [0.25, 0.3) is 5.91 Å². The highest BCUT2D eigenvalue weighted by molar-refractivity contribution is 9.10. The van der Waals surface area contributed by atoms with Crippen molar-refractivity contribution < 1.29 is 14.4 Å². The van der Waals surface area contributed by atoms with Crippen molar-refractivity contribution in [2.45, 2.75) is 18.9 Å². The molecule has 1 atom stereocenters. The van der Waals surface area contributed by atoms with E-state index in [9.17, 15) is 14.4 Å². The van der Waals surface area contributed by atoms with Crippen LogP contribution >= 0.6 is 15.9 Å². The fourth-order valence-corrected chi connectivity index (χ4v) is 3.01. The lowest BCUT2D eigenvalue weighted by atomic mass is 10.2. The Morgan fingerprint density at radius 1 is 1.35 bits per heavy atom. The van der Waals surface area contributed by atoms with Crippen LogP contribution in [-0.4, -0.2) is 60.7 Å².